The van der Waals surface area contributed by atoms with Crippen molar-refractivity contribution in [3.8, 4) is 10.6 Å². The van der Waals surface area contributed by atoms with Crippen LogP contribution in [0, 0.1) is 0 Å². The SMILES string of the molecule is O=C(OCc1ccccc1)N1C[C@H](c2csc(-c3cccc(C(F)(F)F)c3)n2)[C@H]2NCC[C@H]21. The van der Waals surface area contributed by atoms with Crippen LogP contribution in [0.2, 0.25) is 0 Å². The molecule has 2 aliphatic rings. The Morgan fingerprint density at radius 1 is 1.18 bits per heavy atom. The lowest BCUT2D eigenvalue weighted by Gasteiger charge is -2.22. The Balaban J connectivity index is 1.32. The summed E-state index contributed by atoms with van der Waals surface area (Å²) in [6, 6.07) is 14.8. The molecular formula is C24H22F3N3O2S. The van der Waals surface area contributed by atoms with Crippen LogP contribution in [0.25, 0.3) is 10.6 Å². The van der Waals surface area contributed by atoms with E-state index in [1.807, 2.05) is 35.7 Å². The average Bonchev–Trinajstić information content (AvgIpc) is 3.54. The highest BCUT2D eigenvalue weighted by atomic mass is 32.1. The second-order valence-corrected chi connectivity index (χ2v) is 9.15. The van der Waals surface area contributed by atoms with Crippen LogP contribution < -0.4 is 5.32 Å². The highest BCUT2D eigenvalue weighted by molar-refractivity contribution is 7.13. The number of hydrogen-bond acceptors (Lipinski definition) is 5. The minimum Gasteiger partial charge on any atom is -0.445 e. The summed E-state index contributed by atoms with van der Waals surface area (Å²) in [6.45, 7) is 1.46. The number of halogens is 3. The summed E-state index contributed by atoms with van der Waals surface area (Å²) in [5.41, 5.74) is 1.46. The molecule has 5 rings (SSSR count). The van der Waals surface area contributed by atoms with Gasteiger partial charge in [-0.25, -0.2) is 9.78 Å². The van der Waals surface area contributed by atoms with Gasteiger partial charge in [-0.05, 0) is 30.7 Å². The molecule has 0 bridgehead atoms. The molecule has 5 nitrogen and oxygen atoms in total. The van der Waals surface area contributed by atoms with Crippen LogP contribution in [0.1, 0.15) is 29.2 Å². The summed E-state index contributed by atoms with van der Waals surface area (Å²) >= 11 is 1.32. The molecule has 172 valence electrons. The van der Waals surface area contributed by atoms with Gasteiger partial charge in [-0.2, -0.15) is 13.2 Å². The van der Waals surface area contributed by atoms with Gasteiger partial charge in [0.15, 0.2) is 0 Å². The van der Waals surface area contributed by atoms with E-state index in [1.165, 1.54) is 17.4 Å². The van der Waals surface area contributed by atoms with Crippen molar-refractivity contribution in [2.45, 2.75) is 37.2 Å². The number of ether oxygens (including phenoxy) is 1. The topological polar surface area (TPSA) is 54.5 Å². The van der Waals surface area contributed by atoms with E-state index < -0.39 is 11.7 Å². The first-order valence-electron chi connectivity index (χ1n) is 10.7. The molecule has 3 heterocycles. The number of hydrogen-bond donors (Lipinski definition) is 1. The molecule has 1 amide bonds. The third-order valence-corrected chi connectivity index (χ3v) is 7.15. The van der Waals surface area contributed by atoms with Crippen molar-refractivity contribution in [1.82, 2.24) is 15.2 Å². The number of alkyl halides is 3. The fraction of sp³-hybridized carbons (Fsp3) is 0.333. The van der Waals surface area contributed by atoms with Crippen molar-refractivity contribution in [1.29, 1.82) is 0 Å². The van der Waals surface area contributed by atoms with Crippen LogP contribution in [0.3, 0.4) is 0 Å². The Bertz CT molecular complexity index is 1140. The van der Waals surface area contributed by atoms with E-state index >= 15 is 0 Å². The van der Waals surface area contributed by atoms with E-state index in [2.05, 4.69) is 10.3 Å². The molecule has 2 aromatic carbocycles. The van der Waals surface area contributed by atoms with Crippen LogP contribution in [-0.2, 0) is 17.5 Å². The van der Waals surface area contributed by atoms with Gasteiger partial charge in [0.05, 0.1) is 17.3 Å². The molecule has 2 saturated heterocycles. The monoisotopic (exact) mass is 473 g/mol. The summed E-state index contributed by atoms with van der Waals surface area (Å²) in [6.07, 6.45) is -3.93. The maximum atomic E-state index is 13.1. The second-order valence-electron chi connectivity index (χ2n) is 8.29. The summed E-state index contributed by atoms with van der Waals surface area (Å²) in [7, 11) is 0. The highest BCUT2D eigenvalue weighted by Crippen LogP contribution is 2.39. The van der Waals surface area contributed by atoms with Crippen molar-refractivity contribution in [3.63, 3.8) is 0 Å². The first-order valence-corrected chi connectivity index (χ1v) is 11.6. The molecule has 0 saturated carbocycles. The number of nitrogens with one attached hydrogen (secondary N) is 1. The Kier molecular flexibility index (Phi) is 5.84. The Labute approximate surface area is 193 Å². The predicted molar refractivity (Wildman–Crippen MR) is 119 cm³/mol. The van der Waals surface area contributed by atoms with E-state index in [0.717, 1.165) is 36.4 Å². The lowest BCUT2D eigenvalue weighted by atomic mass is 9.98. The zero-order valence-electron chi connectivity index (χ0n) is 17.6. The largest absolute Gasteiger partial charge is 0.445 e. The van der Waals surface area contributed by atoms with Gasteiger partial charge < -0.3 is 15.0 Å². The molecule has 2 aliphatic heterocycles. The third-order valence-electron chi connectivity index (χ3n) is 6.24. The Morgan fingerprint density at radius 3 is 2.79 bits per heavy atom. The van der Waals surface area contributed by atoms with Crippen LogP contribution in [0.15, 0.2) is 60.0 Å². The van der Waals surface area contributed by atoms with Crippen molar-refractivity contribution < 1.29 is 22.7 Å². The fourth-order valence-corrected chi connectivity index (χ4v) is 5.52. The van der Waals surface area contributed by atoms with Crippen molar-refractivity contribution in [2.75, 3.05) is 13.1 Å². The van der Waals surface area contributed by atoms with Gasteiger partial charge in [-0.15, -0.1) is 11.3 Å². The lowest BCUT2D eigenvalue weighted by Crippen LogP contribution is -2.39. The van der Waals surface area contributed by atoms with Crippen LogP contribution >= 0.6 is 11.3 Å². The molecule has 3 aromatic rings. The van der Waals surface area contributed by atoms with E-state index in [4.69, 9.17) is 4.74 Å². The molecular weight excluding hydrogens is 451 g/mol. The van der Waals surface area contributed by atoms with E-state index in [9.17, 15) is 18.0 Å². The Hall–Kier alpha value is -2.91. The first kappa shape index (κ1) is 21.9. The quantitative estimate of drug-likeness (QED) is 0.559. The summed E-state index contributed by atoms with van der Waals surface area (Å²) < 4.78 is 44.8. The lowest BCUT2D eigenvalue weighted by molar-refractivity contribution is -0.137. The molecule has 2 fully saturated rings. The van der Waals surface area contributed by atoms with Gasteiger partial charge in [-0.1, -0.05) is 42.5 Å². The molecule has 0 radical (unpaired) electrons. The van der Waals surface area contributed by atoms with Gasteiger partial charge in [0, 0.05) is 29.4 Å². The maximum Gasteiger partial charge on any atom is 0.416 e. The smallest absolute Gasteiger partial charge is 0.416 e. The van der Waals surface area contributed by atoms with Crippen molar-refractivity contribution >= 4 is 17.4 Å². The molecule has 9 heteroatoms. The first-order chi connectivity index (χ1) is 15.9. The Morgan fingerprint density at radius 2 is 2.00 bits per heavy atom. The second kappa shape index (κ2) is 8.79. The number of benzene rings is 2. The number of carbonyl (C=O) groups is 1. The van der Waals surface area contributed by atoms with Crippen LogP contribution in [0.4, 0.5) is 18.0 Å². The van der Waals surface area contributed by atoms with Crippen molar-refractivity contribution in [2.24, 2.45) is 0 Å². The highest BCUT2D eigenvalue weighted by Gasteiger charge is 2.48. The van der Waals surface area contributed by atoms with Gasteiger partial charge in [0.25, 0.3) is 0 Å². The van der Waals surface area contributed by atoms with Gasteiger partial charge in [0.2, 0.25) is 0 Å². The van der Waals surface area contributed by atoms with Gasteiger partial charge in [-0.3, -0.25) is 0 Å². The number of amides is 1. The number of thiazole rings is 1. The van der Waals surface area contributed by atoms with E-state index in [-0.39, 0.29) is 30.7 Å². The number of carbonyl (C=O) groups excluding carboxylic acids is 1. The number of rotatable bonds is 4. The zero-order chi connectivity index (χ0) is 23.0. The average molecular weight is 474 g/mol. The predicted octanol–water partition coefficient (Wildman–Crippen LogP) is 5.30. The molecule has 0 aliphatic carbocycles. The molecule has 3 atom stereocenters. The summed E-state index contributed by atoms with van der Waals surface area (Å²) in [4.78, 5) is 19.3. The fourth-order valence-electron chi connectivity index (χ4n) is 4.64. The summed E-state index contributed by atoms with van der Waals surface area (Å²) in [5.74, 6) is -0.0439. The summed E-state index contributed by atoms with van der Waals surface area (Å²) in [5, 5.41) is 5.89. The van der Waals surface area contributed by atoms with Crippen LogP contribution in [-0.4, -0.2) is 41.2 Å². The standard InChI is InChI=1S/C24H22F3N3O2S/c25-24(26,27)17-8-4-7-16(11-17)22-29-19(14-33-22)18-12-30(20-9-10-28-21(18)20)23(31)32-13-15-5-2-1-3-6-15/h1-8,11,14,18,20-21,28H,9-10,12-13H2/t18-,20-,21-/m1/s1. The molecule has 1 aromatic heterocycles. The molecule has 33 heavy (non-hydrogen) atoms. The molecule has 0 unspecified atom stereocenters. The molecule has 1 N–H and O–H groups in total. The number of nitrogens with zero attached hydrogens (tertiary/aromatic N) is 2. The molecule has 0 spiro atoms. The van der Waals surface area contributed by atoms with Crippen molar-refractivity contribution in [3.05, 3.63) is 76.8 Å². The number of aromatic nitrogens is 1. The van der Waals surface area contributed by atoms with Gasteiger partial charge in [0.1, 0.15) is 11.6 Å². The minimum atomic E-state index is -4.40. The number of likely N-dealkylation sites (tertiary alicyclic amines) is 1. The van der Waals surface area contributed by atoms with E-state index in [1.54, 1.807) is 11.0 Å². The van der Waals surface area contributed by atoms with E-state index in [0.29, 0.717) is 17.1 Å². The zero-order valence-corrected chi connectivity index (χ0v) is 18.4. The minimum absolute atomic E-state index is 0.0111. The van der Waals surface area contributed by atoms with Crippen LogP contribution in [0.5, 0.6) is 0 Å². The number of fused-ring (bicyclic) bond motifs is 1. The maximum absolute atomic E-state index is 13.1. The normalized spacial score (nSPS) is 22.4. The van der Waals surface area contributed by atoms with Gasteiger partial charge >= 0.3 is 12.3 Å². The third kappa shape index (κ3) is 4.47.